The standard InChI is InChI=1S/C10H22N2/c1-5-12-7-9(2)6-11-8-10(12,3)4/h9,11H,5-8H2,1-4H3. The van der Waals surface area contributed by atoms with Crippen LogP contribution in [0.5, 0.6) is 0 Å². The Morgan fingerprint density at radius 3 is 2.75 bits per heavy atom. The van der Waals surface area contributed by atoms with Crippen LogP contribution in [0.1, 0.15) is 27.7 Å². The maximum absolute atomic E-state index is 3.51. The van der Waals surface area contributed by atoms with Crippen LogP contribution in [-0.2, 0) is 0 Å². The highest BCUT2D eigenvalue weighted by molar-refractivity contribution is 4.87. The molecule has 1 rings (SSSR count). The molecule has 0 aromatic heterocycles. The zero-order chi connectivity index (χ0) is 9.19. The van der Waals surface area contributed by atoms with Gasteiger partial charge in [-0.15, -0.1) is 0 Å². The largest absolute Gasteiger partial charge is 0.315 e. The smallest absolute Gasteiger partial charge is 0.0277 e. The van der Waals surface area contributed by atoms with Gasteiger partial charge in [0.05, 0.1) is 0 Å². The molecule has 0 amide bonds. The van der Waals surface area contributed by atoms with Crippen LogP contribution < -0.4 is 5.32 Å². The van der Waals surface area contributed by atoms with Gasteiger partial charge in [-0.05, 0) is 32.9 Å². The van der Waals surface area contributed by atoms with E-state index in [-0.39, 0.29) is 0 Å². The van der Waals surface area contributed by atoms with Crippen LogP contribution in [0.25, 0.3) is 0 Å². The van der Waals surface area contributed by atoms with Gasteiger partial charge in [0.1, 0.15) is 0 Å². The van der Waals surface area contributed by atoms with Crippen molar-refractivity contribution in [3.05, 3.63) is 0 Å². The second-order valence-corrected chi connectivity index (χ2v) is 4.59. The van der Waals surface area contributed by atoms with E-state index in [1.54, 1.807) is 0 Å². The topological polar surface area (TPSA) is 15.3 Å². The third kappa shape index (κ3) is 2.20. The summed E-state index contributed by atoms with van der Waals surface area (Å²) in [7, 11) is 0. The maximum atomic E-state index is 3.51. The summed E-state index contributed by atoms with van der Waals surface area (Å²) in [5.41, 5.74) is 0.333. The van der Waals surface area contributed by atoms with Gasteiger partial charge in [0.25, 0.3) is 0 Å². The van der Waals surface area contributed by atoms with Gasteiger partial charge in [-0.25, -0.2) is 0 Å². The molecule has 1 heterocycles. The molecule has 0 spiro atoms. The fraction of sp³-hybridized carbons (Fsp3) is 1.00. The van der Waals surface area contributed by atoms with Crippen molar-refractivity contribution in [3.8, 4) is 0 Å². The van der Waals surface area contributed by atoms with Crippen molar-refractivity contribution in [1.82, 2.24) is 10.2 Å². The number of nitrogens with one attached hydrogen (secondary N) is 1. The van der Waals surface area contributed by atoms with Crippen LogP contribution in [0, 0.1) is 5.92 Å². The van der Waals surface area contributed by atoms with E-state index in [9.17, 15) is 0 Å². The summed E-state index contributed by atoms with van der Waals surface area (Å²) in [6, 6.07) is 0. The van der Waals surface area contributed by atoms with Crippen molar-refractivity contribution in [2.75, 3.05) is 26.2 Å². The Bertz CT molecular complexity index is 143. The third-order valence-corrected chi connectivity index (χ3v) is 2.82. The first kappa shape index (κ1) is 10.0. The zero-order valence-electron chi connectivity index (χ0n) is 8.85. The molecule has 2 heteroatoms. The molecule has 1 aliphatic heterocycles. The average molecular weight is 170 g/mol. The molecule has 1 aliphatic rings. The van der Waals surface area contributed by atoms with Gasteiger partial charge in [-0.3, -0.25) is 4.90 Å². The summed E-state index contributed by atoms with van der Waals surface area (Å²) in [6.07, 6.45) is 0. The zero-order valence-corrected chi connectivity index (χ0v) is 8.85. The lowest BCUT2D eigenvalue weighted by molar-refractivity contribution is 0.130. The van der Waals surface area contributed by atoms with Gasteiger partial charge < -0.3 is 5.32 Å². The van der Waals surface area contributed by atoms with E-state index >= 15 is 0 Å². The van der Waals surface area contributed by atoms with Gasteiger partial charge in [0.15, 0.2) is 0 Å². The highest BCUT2D eigenvalue weighted by Gasteiger charge is 2.28. The predicted molar refractivity (Wildman–Crippen MR) is 53.4 cm³/mol. The van der Waals surface area contributed by atoms with Crippen LogP contribution in [0.4, 0.5) is 0 Å². The van der Waals surface area contributed by atoms with E-state index in [1.165, 1.54) is 19.6 Å². The monoisotopic (exact) mass is 170 g/mol. The molecule has 0 aromatic carbocycles. The van der Waals surface area contributed by atoms with E-state index in [0.717, 1.165) is 12.5 Å². The Morgan fingerprint density at radius 1 is 1.50 bits per heavy atom. The minimum atomic E-state index is 0.333. The highest BCUT2D eigenvalue weighted by atomic mass is 15.2. The number of hydrogen-bond donors (Lipinski definition) is 1. The Balaban J connectivity index is 2.63. The fourth-order valence-electron chi connectivity index (χ4n) is 1.98. The van der Waals surface area contributed by atoms with Crippen molar-refractivity contribution in [3.63, 3.8) is 0 Å². The first-order valence-corrected chi connectivity index (χ1v) is 5.02. The van der Waals surface area contributed by atoms with E-state index in [2.05, 4.69) is 37.9 Å². The molecule has 0 bridgehead atoms. The summed E-state index contributed by atoms with van der Waals surface area (Å²) in [5, 5.41) is 3.51. The Labute approximate surface area is 76.3 Å². The first-order valence-electron chi connectivity index (χ1n) is 5.02. The SMILES string of the molecule is CCN1CC(C)CNCC1(C)C. The van der Waals surface area contributed by atoms with Crippen LogP contribution in [0.3, 0.4) is 0 Å². The number of hydrogen-bond acceptors (Lipinski definition) is 2. The van der Waals surface area contributed by atoms with E-state index in [4.69, 9.17) is 0 Å². The minimum Gasteiger partial charge on any atom is -0.315 e. The number of nitrogens with zero attached hydrogens (tertiary/aromatic N) is 1. The van der Waals surface area contributed by atoms with E-state index in [1.807, 2.05) is 0 Å². The fourth-order valence-corrected chi connectivity index (χ4v) is 1.98. The van der Waals surface area contributed by atoms with Crippen molar-refractivity contribution in [2.45, 2.75) is 33.2 Å². The summed E-state index contributed by atoms with van der Waals surface area (Å²) in [5.74, 6) is 0.784. The average Bonchev–Trinajstić information content (AvgIpc) is 2.10. The summed E-state index contributed by atoms with van der Waals surface area (Å²) < 4.78 is 0. The van der Waals surface area contributed by atoms with Gasteiger partial charge in [0, 0.05) is 18.6 Å². The van der Waals surface area contributed by atoms with Gasteiger partial charge in [0.2, 0.25) is 0 Å². The molecular formula is C10H22N2. The normalized spacial score (nSPS) is 31.5. The van der Waals surface area contributed by atoms with Crippen LogP contribution in [-0.4, -0.2) is 36.6 Å². The summed E-state index contributed by atoms with van der Waals surface area (Å²) in [6.45, 7) is 13.9. The second-order valence-electron chi connectivity index (χ2n) is 4.59. The van der Waals surface area contributed by atoms with Gasteiger partial charge in [-0.2, -0.15) is 0 Å². The van der Waals surface area contributed by atoms with Crippen molar-refractivity contribution < 1.29 is 0 Å². The molecule has 0 saturated carbocycles. The lowest BCUT2D eigenvalue weighted by Crippen LogP contribution is -2.48. The molecule has 0 aliphatic carbocycles. The molecular weight excluding hydrogens is 148 g/mol. The summed E-state index contributed by atoms with van der Waals surface area (Å²) in [4.78, 5) is 2.57. The molecule has 2 nitrogen and oxygen atoms in total. The molecule has 1 N–H and O–H groups in total. The predicted octanol–water partition coefficient (Wildman–Crippen LogP) is 1.33. The number of likely N-dealkylation sites (N-methyl/N-ethyl adjacent to an activating group) is 1. The second kappa shape index (κ2) is 3.75. The van der Waals surface area contributed by atoms with Crippen LogP contribution in [0.15, 0.2) is 0 Å². The molecule has 0 radical (unpaired) electrons. The molecule has 1 fully saturated rings. The summed E-state index contributed by atoms with van der Waals surface area (Å²) >= 11 is 0. The Hall–Kier alpha value is -0.0800. The van der Waals surface area contributed by atoms with Crippen molar-refractivity contribution in [1.29, 1.82) is 0 Å². The first-order chi connectivity index (χ1) is 5.56. The Kier molecular flexibility index (Phi) is 3.13. The minimum absolute atomic E-state index is 0.333. The van der Waals surface area contributed by atoms with E-state index < -0.39 is 0 Å². The molecule has 1 saturated heterocycles. The third-order valence-electron chi connectivity index (χ3n) is 2.82. The highest BCUT2D eigenvalue weighted by Crippen LogP contribution is 2.17. The van der Waals surface area contributed by atoms with Crippen LogP contribution >= 0.6 is 0 Å². The Morgan fingerprint density at radius 2 is 2.17 bits per heavy atom. The van der Waals surface area contributed by atoms with E-state index in [0.29, 0.717) is 5.54 Å². The molecule has 0 aromatic rings. The van der Waals surface area contributed by atoms with Crippen molar-refractivity contribution in [2.24, 2.45) is 5.92 Å². The number of rotatable bonds is 1. The molecule has 72 valence electrons. The maximum Gasteiger partial charge on any atom is 0.0277 e. The lowest BCUT2D eigenvalue weighted by Gasteiger charge is -2.36. The quantitative estimate of drug-likeness (QED) is 0.638. The van der Waals surface area contributed by atoms with Gasteiger partial charge in [-0.1, -0.05) is 13.8 Å². The van der Waals surface area contributed by atoms with Gasteiger partial charge >= 0.3 is 0 Å². The van der Waals surface area contributed by atoms with Crippen LogP contribution in [0.2, 0.25) is 0 Å². The lowest BCUT2D eigenvalue weighted by atomic mass is 10.0. The molecule has 1 atom stereocenters. The molecule has 12 heavy (non-hydrogen) atoms. The molecule has 1 unspecified atom stereocenters. The van der Waals surface area contributed by atoms with Crippen molar-refractivity contribution >= 4 is 0 Å².